The van der Waals surface area contributed by atoms with Gasteiger partial charge in [-0.15, -0.1) is 0 Å². The van der Waals surface area contributed by atoms with Crippen LogP contribution < -0.4 is 10.6 Å². The molecular formula is C17H30N4O2. The number of aromatic nitrogens is 2. The lowest BCUT2D eigenvalue weighted by molar-refractivity contribution is 0.0635. The van der Waals surface area contributed by atoms with E-state index < -0.39 is 11.7 Å². The molecule has 0 bridgehead atoms. The lowest BCUT2D eigenvalue weighted by atomic mass is 9.78. The van der Waals surface area contributed by atoms with Crippen LogP contribution in [0.2, 0.25) is 0 Å². The number of nitrogens with zero attached hydrogens (tertiary/aromatic N) is 1. The van der Waals surface area contributed by atoms with Gasteiger partial charge in [0.2, 0.25) is 0 Å². The van der Waals surface area contributed by atoms with E-state index in [9.17, 15) is 4.79 Å². The Morgan fingerprint density at radius 3 is 2.61 bits per heavy atom. The van der Waals surface area contributed by atoms with Crippen LogP contribution in [0.4, 0.5) is 10.6 Å². The highest BCUT2D eigenvalue weighted by atomic mass is 16.6. The predicted octanol–water partition coefficient (Wildman–Crippen LogP) is 3.67. The molecule has 0 aromatic carbocycles. The molecule has 1 aromatic rings. The van der Waals surface area contributed by atoms with E-state index in [4.69, 9.17) is 4.74 Å². The zero-order valence-corrected chi connectivity index (χ0v) is 14.9. The molecule has 3 N–H and O–H groups in total. The maximum atomic E-state index is 11.9. The van der Waals surface area contributed by atoms with Gasteiger partial charge >= 0.3 is 6.09 Å². The molecule has 6 heteroatoms. The molecule has 1 aliphatic carbocycles. The third-order valence-electron chi connectivity index (χ3n) is 4.42. The Kier molecular flexibility index (Phi) is 5.68. The first-order chi connectivity index (χ1) is 10.8. The van der Waals surface area contributed by atoms with Crippen LogP contribution in [0, 0.1) is 11.8 Å². The molecule has 130 valence electrons. The molecule has 1 aromatic heterocycles. The number of H-pyrrole nitrogens is 1. The summed E-state index contributed by atoms with van der Waals surface area (Å²) < 4.78 is 5.28. The van der Waals surface area contributed by atoms with Gasteiger partial charge in [0.1, 0.15) is 11.4 Å². The van der Waals surface area contributed by atoms with Crippen molar-refractivity contribution in [3.63, 3.8) is 0 Å². The summed E-state index contributed by atoms with van der Waals surface area (Å²) in [4.78, 5) is 11.9. The number of anilines is 1. The van der Waals surface area contributed by atoms with Crippen LogP contribution in [0.5, 0.6) is 0 Å². The van der Waals surface area contributed by atoms with Crippen LogP contribution in [-0.2, 0) is 11.3 Å². The Morgan fingerprint density at radius 2 is 2.00 bits per heavy atom. The molecule has 2 atom stereocenters. The minimum Gasteiger partial charge on any atom is -0.444 e. The van der Waals surface area contributed by atoms with E-state index in [-0.39, 0.29) is 0 Å². The summed E-state index contributed by atoms with van der Waals surface area (Å²) >= 11 is 0. The zero-order chi connectivity index (χ0) is 17.0. The van der Waals surface area contributed by atoms with Crippen LogP contribution in [0.15, 0.2) is 6.20 Å². The summed E-state index contributed by atoms with van der Waals surface area (Å²) in [6.45, 7) is 10.8. The minimum atomic E-state index is -0.518. The second kappa shape index (κ2) is 7.34. The molecule has 0 radical (unpaired) electrons. The Bertz CT molecular complexity index is 511. The van der Waals surface area contributed by atoms with Crippen LogP contribution in [-0.4, -0.2) is 27.9 Å². The van der Waals surface area contributed by atoms with E-state index in [0.29, 0.717) is 30.2 Å². The molecular weight excluding hydrogens is 292 g/mol. The van der Waals surface area contributed by atoms with E-state index in [1.807, 2.05) is 20.8 Å². The van der Waals surface area contributed by atoms with Gasteiger partial charge in [-0.1, -0.05) is 20.3 Å². The molecule has 1 aliphatic rings. The molecule has 2 rings (SSSR count). The number of ether oxygens (including phenoxy) is 1. The van der Waals surface area contributed by atoms with Gasteiger partial charge in [0.05, 0.1) is 6.20 Å². The fourth-order valence-electron chi connectivity index (χ4n) is 3.27. The Hall–Kier alpha value is -1.56. The molecule has 0 aliphatic heterocycles. The summed E-state index contributed by atoms with van der Waals surface area (Å²) in [5.41, 5.74) is 0.427. The van der Waals surface area contributed by atoms with Crippen molar-refractivity contribution in [3.05, 3.63) is 11.8 Å². The van der Waals surface area contributed by atoms with Crippen LogP contribution in [0.1, 0.15) is 59.4 Å². The van der Waals surface area contributed by atoms with Crippen molar-refractivity contribution >= 4 is 11.9 Å². The number of aromatic amines is 1. The van der Waals surface area contributed by atoms with Crippen LogP contribution in [0.25, 0.3) is 0 Å². The van der Waals surface area contributed by atoms with Gasteiger partial charge in [-0.2, -0.15) is 5.10 Å². The lowest BCUT2D eigenvalue weighted by Crippen LogP contribution is -2.42. The number of carbonyl (C=O) groups excluding carboxylic acids is 1. The molecule has 0 saturated heterocycles. The second-order valence-corrected chi connectivity index (χ2v) is 7.69. The molecule has 2 unspecified atom stereocenters. The average Bonchev–Trinajstić information content (AvgIpc) is 2.83. The normalized spacial score (nSPS) is 25.2. The highest BCUT2D eigenvalue weighted by Gasteiger charge is 2.27. The first-order valence-electron chi connectivity index (χ1n) is 8.52. The predicted molar refractivity (Wildman–Crippen MR) is 91.3 cm³/mol. The van der Waals surface area contributed by atoms with Crippen molar-refractivity contribution in [1.82, 2.24) is 15.5 Å². The fourth-order valence-corrected chi connectivity index (χ4v) is 3.27. The van der Waals surface area contributed by atoms with Gasteiger partial charge in [-0.3, -0.25) is 10.4 Å². The number of hydrogen-bond donors (Lipinski definition) is 3. The number of hydrogen-bond acceptors (Lipinski definition) is 4. The number of rotatable bonds is 4. The Morgan fingerprint density at radius 1 is 1.35 bits per heavy atom. The molecule has 1 heterocycles. The van der Waals surface area contributed by atoms with Crippen molar-refractivity contribution in [2.75, 3.05) is 5.32 Å². The monoisotopic (exact) mass is 322 g/mol. The van der Waals surface area contributed by atoms with Gasteiger partial charge in [0.25, 0.3) is 0 Å². The van der Waals surface area contributed by atoms with Crippen molar-refractivity contribution < 1.29 is 9.53 Å². The largest absolute Gasteiger partial charge is 0.444 e. The third kappa shape index (κ3) is 5.23. The summed E-state index contributed by atoms with van der Waals surface area (Å²) in [7, 11) is 0. The van der Waals surface area contributed by atoms with Gasteiger partial charge < -0.3 is 10.1 Å². The Balaban J connectivity index is 1.92. The smallest absolute Gasteiger partial charge is 0.413 e. The fraction of sp³-hybridized carbons (Fsp3) is 0.765. The topological polar surface area (TPSA) is 79.0 Å². The van der Waals surface area contributed by atoms with Gasteiger partial charge in [-0.05, 0) is 45.4 Å². The summed E-state index contributed by atoms with van der Waals surface area (Å²) in [5, 5.41) is 13.2. The van der Waals surface area contributed by atoms with Gasteiger partial charge in [-0.25, -0.2) is 4.79 Å². The van der Waals surface area contributed by atoms with Gasteiger partial charge in [0, 0.05) is 18.2 Å². The standard InChI is InChI=1S/C17H30N4O2/c1-11-7-6-8-12(2)14(11)18-9-13-10-19-21-15(13)20-16(22)23-17(3,4)5/h10-12,14,18H,6-9H2,1-5H3,(H2,19,20,21,22). The first-order valence-corrected chi connectivity index (χ1v) is 8.52. The van der Waals surface area contributed by atoms with E-state index >= 15 is 0 Å². The highest BCUT2D eigenvalue weighted by Crippen LogP contribution is 2.29. The average molecular weight is 322 g/mol. The quantitative estimate of drug-likeness (QED) is 0.790. The van der Waals surface area contributed by atoms with Gasteiger partial charge in [0.15, 0.2) is 0 Å². The minimum absolute atomic E-state index is 0.470. The van der Waals surface area contributed by atoms with Crippen molar-refractivity contribution in [2.45, 2.75) is 72.1 Å². The summed E-state index contributed by atoms with van der Waals surface area (Å²) in [5.74, 6) is 1.95. The van der Waals surface area contributed by atoms with E-state index in [1.54, 1.807) is 6.20 Å². The Labute approximate surface area is 138 Å². The first kappa shape index (κ1) is 17.8. The highest BCUT2D eigenvalue weighted by molar-refractivity contribution is 5.84. The van der Waals surface area contributed by atoms with Crippen LogP contribution >= 0.6 is 0 Å². The molecule has 23 heavy (non-hydrogen) atoms. The molecule has 0 spiro atoms. The lowest BCUT2D eigenvalue weighted by Gasteiger charge is -2.35. The van der Waals surface area contributed by atoms with Crippen molar-refractivity contribution in [3.8, 4) is 0 Å². The van der Waals surface area contributed by atoms with Crippen molar-refractivity contribution in [2.24, 2.45) is 11.8 Å². The van der Waals surface area contributed by atoms with Crippen molar-refractivity contribution in [1.29, 1.82) is 0 Å². The maximum Gasteiger partial charge on any atom is 0.413 e. The molecule has 1 saturated carbocycles. The number of carbonyl (C=O) groups is 1. The summed E-state index contributed by atoms with van der Waals surface area (Å²) in [6.07, 6.45) is 5.14. The number of nitrogens with one attached hydrogen (secondary N) is 3. The molecule has 1 fully saturated rings. The van der Waals surface area contributed by atoms with E-state index in [0.717, 1.165) is 5.56 Å². The number of amides is 1. The molecule has 6 nitrogen and oxygen atoms in total. The van der Waals surface area contributed by atoms with Crippen LogP contribution in [0.3, 0.4) is 0 Å². The van der Waals surface area contributed by atoms with E-state index in [1.165, 1.54) is 19.3 Å². The van der Waals surface area contributed by atoms with E-state index in [2.05, 4.69) is 34.7 Å². The maximum absolute atomic E-state index is 11.9. The third-order valence-corrected chi connectivity index (χ3v) is 4.42. The molecule has 1 amide bonds. The second-order valence-electron chi connectivity index (χ2n) is 7.69. The zero-order valence-electron chi connectivity index (χ0n) is 14.9. The SMILES string of the molecule is CC1CCCC(C)C1NCc1cn[nH]c1NC(=O)OC(C)(C)C. The summed E-state index contributed by atoms with van der Waals surface area (Å²) in [6, 6.07) is 0.507.